The molecule has 0 saturated carbocycles. The second-order valence-corrected chi connectivity index (χ2v) is 5.45. The maximum absolute atomic E-state index is 11.7. The SMILES string of the molecule is CCCOC(=O)c1ccc(N=Cc2ccc(Cl)cc2Cl)cc1. The molecule has 0 aliphatic carbocycles. The van der Waals surface area contributed by atoms with Crippen molar-refractivity contribution in [1.82, 2.24) is 0 Å². The van der Waals surface area contributed by atoms with Gasteiger partial charge >= 0.3 is 5.97 Å². The Kier molecular flexibility index (Phi) is 5.99. The first kappa shape index (κ1) is 16.5. The number of carbonyl (C=O) groups is 1. The number of hydrogen-bond acceptors (Lipinski definition) is 3. The summed E-state index contributed by atoms with van der Waals surface area (Å²) in [4.78, 5) is 16.0. The molecule has 2 aromatic rings. The summed E-state index contributed by atoms with van der Waals surface area (Å²) >= 11 is 11.9. The molecule has 0 heterocycles. The quantitative estimate of drug-likeness (QED) is 0.548. The van der Waals surface area contributed by atoms with E-state index in [1.807, 2.05) is 6.92 Å². The van der Waals surface area contributed by atoms with Gasteiger partial charge in [0.25, 0.3) is 0 Å². The van der Waals surface area contributed by atoms with Crippen LogP contribution in [0.3, 0.4) is 0 Å². The van der Waals surface area contributed by atoms with E-state index >= 15 is 0 Å². The summed E-state index contributed by atoms with van der Waals surface area (Å²) in [6.07, 6.45) is 2.46. The van der Waals surface area contributed by atoms with Crippen molar-refractivity contribution in [3.63, 3.8) is 0 Å². The van der Waals surface area contributed by atoms with E-state index in [4.69, 9.17) is 27.9 Å². The van der Waals surface area contributed by atoms with Gasteiger partial charge in [-0.2, -0.15) is 0 Å². The Labute approximate surface area is 139 Å². The molecule has 0 aliphatic rings. The molecule has 0 unspecified atom stereocenters. The molecule has 0 amide bonds. The summed E-state index contributed by atoms with van der Waals surface area (Å²) in [5, 5.41) is 1.12. The summed E-state index contributed by atoms with van der Waals surface area (Å²) in [7, 11) is 0. The maximum Gasteiger partial charge on any atom is 0.338 e. The largest absolute Gasteiger partial charge is 0.462 e. The first-order chi connectivity index (χ1) is 10.6. The topological polar surface area (TPSA) is 38.7 Å². The van der Waals surface area contributed by atoms with Crippen molar-refractivity contribution in [1.29, 1.82) is 0 Å². The van der Waals surface area contributed by atoms with E-state index < -0.39 is 0 Å². The second kappa shape index (κ2) is 7.97. The highest BCUT2D eigenvalue weighted by molar-refractivity contribution is 6.36. The van der Waals surface area contributed by atoms with Gasteiger partial charge in [0.15, 0.2) is 0 Å². The molecule has 114 valence electrons. The first-order valence-electron chi connectivity index (χ1n) is 6.86. The second-order valence-electron chi connectivity index (χ2n) is 4.61. The summed E-state index contributed by atoms with van der Waals surface area (Å²) in [6.45, 7) is 2.38. The van der Waals surface area contributed by atoms with E-state index in [-0.39, 0.29) is 5.97 Å². The lowest BCUT2D eigenvalue weighted by atomic mass is 10.2. The van der Waals surface area contributed by atoms with E-state index in [0.717, 1.165) is 17.7 Å². The Balaban J connectivity index is 2.07. The van der Waals surface area contributed by atoms with Crippen LogP contribution in [-0.2, 0) is 4.74 Å². The van der Waals surface area contributed by atoms with Crippen molar-refractivity contribution >= 4 is 41.1 Å². The molecule has 0 aromatic heterocycles. The fraction of sp³-hybridized carbons (Fsp3) is 0.176. The van der Waals surface area contributed by atoms with Gasteiger partial charge in [-0.3, -0.25) is 4.99 Å². The van der Waals surface area contributed by atoms with Crippen molar-refractivity contribution in [3.05, 3.63) is 63.6 Å². The lowest BCUT2D eigenvalue weighted by molar-refractivity contribution is 0.0505. The molecule has 2 rings (SSSR count). The van der Waals surface area contributed by atoms with Crippen LogP contribution in [0.1, 0.15) is 29.3 Å². The van der Waals surface area contributed by atoms with Crippen molar-refractivity contribution in [2.45, 2.75) is 13.3 Å². The number of halogens is 2. The highest BCUT2D eigenvalue weighted by atomic mass is 35.5. The molecule has 0 atom stereocenters. The Hall–Kier alpha value is -1.84. The normalized spacial score (nSPS) is 10.9. The predicted molar refractivity (Wildman–Crippen MR) is 90.7 cm³/mol. The summed E-state index contributed by atoms with van der Waals surface area (Å²) < 4.78 is 5.07. The Morgan fingerprint density at radius 3 is 2.55 bits per heavy atom. The van der Waals surface area contributed by atoms with Crippen molar-refractivity contribution in [3.8, 4) is 0 Å². The number of hydrogen-bond donors (Lipinski definition) is 0. The highest BCUT2D eigenvalue weighted by Gasteiger charge is 2.05. The van der Waals surface area contributed by atoms with Crippen LogP contribution in [0.15, 0.2) is 47.5 Å². The third-order valence-corrected chi connectivity index (χ3v) is 3.42. The lowest BCUT2D eigenvalue weighted by Crippen LogP contribution is -2.05. The fourth-order valence-electron chi connectivity index (χ4n) is 1.71. The minimum atomic E-state index is -0.321. The molecule has 0 radical (unpaired) electrons. The zero-order valence-electron chi connectivity index (χ0n) is 12.1. The number of rotatable bonds is 5. The van der Waals surface area contributed by atoms with Gasteiger partial charge in [-0.25, -0.2) is 4.79 Å². The van der Waals surface area contributed by atoms with Gasteiger partial charge in [0.2, 0.25) is 0 Å². The molecule has 0 bridgehead atoms. The van der Waals surface area contributed by atoms with E-state index in [2.05, 4.69) is 4.99 Å². The molecule has 0 fully saturated rings. The molecular formula is C17H15Cl2NO2. The summed E-state index contributed by atoms with van der Waals surface area (Å²) in [5.41, 5.74) is 2.01. The molecule has 0 aliphatic heterocycles. The minimum absolute atomic E-state index is 0.321. The third kappa shape index (κ3) is 4.58. The van der Waals surface area contributed by atoms with Gasteiger partial charge in [-0.05, 0) is 42.8 Å². The molecule has 2 aromatic carbocycles. The van der Waals surface area contributed by atoms with Crippen molar-refractivity contribution in [2.24, 2.45) is 4.99 Å². The molecule has 22 heavy (non-hydrogen) atoms. The smallest absolute Gasteiger partial charge is 0.338 e. The van der Waals surface area contributed by atoms with Crippen LogP contribution in [0.4, 0.5) is 5.69 Å². The Morgan fingerprint density at radius 1 is 1.18 bits per heavy atom. The minimum Gasteiger partial charge on any atom is -0.462 e. The van der Waals surface area contributed by atoms with E-state index in [1.54, 1.807) is 48.7 Å². The first-order valence-corrected chi connectivity index (χ1v) is 7.62. The van der Waals surface area contributed by atoms with E-state index in [1.165, 1.54) is 0 Å². The lowest BCUT2D eigenvalue weighted by Gasteiger charge is -2.03. The van der Waals surface area contributed by atoms with Crippen LogP contribution < -0.4 is 0 Å². The van der Waals surface area contributed by atoms with E-state index in [0.29, 0.717) is 22.2 Å². The van der Waals surface area contributed by atoms with Gasteiger partial charge in [-0.15, -0.1) is 0 Å². The predicted octanol–water partition coefficient (Wildman–Crippen LogP) is 5.31. The van der Waals surface area contributed by atoms with Gasteiger partial charge in [0.05, 0.1) is 22.9 Å². The van der Waals surface area contributed by atoms with Crippen LogP contribution >= 0.6 is 23.2 Å². The number of benzene rings is 2. The highest BCUT2D eigenvalue weighted by Crippen LogP contribution is 2.21. The Bertz CT molecular complexity index is 682. The van der Waals surface area contributed by atoms with Gasteiger partial charge in [0.1, 0.15) is 0 Å². The van der Waals surface area contributed by atoms with Crippen LogP contribution in [-0.4, -0.2) is 18.8 Å². The zero-order valence-corrected chi connectivity index (χ0v) is 13.6. The molecule has 0 saturated heterocycles. The van der Waals surface area contributed by atoms with Crippen LogP contribution in [0, 0.1) is 0 Å². The Morgan fingerprint density at radius 2 is 1.91 bits per heavy atom. The van der Waals surface area contributed by atoms with Crippen molar-refractivity contribution in [2.75, 3.05) is 6.61 Å². The number of esters is 1. The monoisotopic (exact) mass is 335 g/mol. The molecule has 0 spiro atoms. The molecule has 5 heteroatoms. The number of ether oxygens (including phenoxy) is 1. The number of nitrogens with zero attached hydrogens (tertiary/aromatic N) is 1. The zero-order chi connectivity index (χ0) is 15.9. The number of aliphatic imine (C=N–C) groups is 1. The number of carbonyl (C=O) groups excluding carboxylic acids is 1. The fourth-order valence-corrected chi connectivity index (χ4v) is 2.17. The standard InChI is InChI=1S/C17H15Cl2NO2/c1-2-9-22-17(21)12-4-7-15(8-5-12)20-11-13-3-6-14(18)10-16(13)19/h3-8,10-11H,2,9H2,1H3. The molecule has 0 N–H and O–H groups in total. The average molecular weight is 336 g/mol. The molecule has 3 nitrogen and oxygen atoms in total. The van der Waals surface area contributed by atoms with Crippen LogP contribution in [0.25, 0.3) is 0 Å². The van der Waals surface area contributed by atoms with Crippen LogP contribution in [0.5, 0.6) is 0 Å². The maximum atomic E-state index is 11.7. The average Bonchev–Trinajstić information content (AvgIpc) is 2.52. The van der Waals surface area contributed by atoms with Gasteiger partial charge in [0, 0.05) is 16.8 Å². The summed E-state index contributed by atoms with van der Waals surface area (Å²) in [6, 6.07) is 12.1. The van der Waals surface area contributed by atoms with E-state index in [9.17, 15) is 4.79 Å². The van der Waals surface area contributed by atoms with Crippen LogP contribution in [0.2, 0.25) is 10.0 Å². The van der Waals surface area contributed by atoms with Gasteiger partial charge < -0.3 is 4.74 Å². The summed E-state index contributed by atoms with van der Waals surface area (Å²) in [5.74, 6) is -0.321. The van der Waals surface area contributed by atoms with Crippen molar-refractivity contribution < 1.29 is 9.53 Å². The third-order valence-electron chi connectivity index (χ3n) is 2.86. The van der Waals surface area contributed by atoms with Gasteiger partial charge in [-0.1, -0.05) is 36.2 Å². The molecular weight excluding hydrogens is 321 g/mol.